The van der Waals surface area contributed by atoms with Gasteiger partial charge in [-0.3, -0.25) is 0 Å². The van der Waals surface area contributed by atoms with E-state index in [1.54, 1.807) is 11.3 Å². The first-order chi connectivity index (χ1) is 15.2. The lowest BCUT2D eigenvalue weighted by Gasteiger charge is -2.27. The molecule has 0 radical (unpaired) electrons. The van der Waals surface area contributed by atoms with Gasteiger partial charge in [0.1, 0.15) is 5.83 Å². The van der Waals surface area contributed by atoms with Crippen LogP contribution in [-0.2, 0) is 11.4 Å². The first-order valence-corrected chi connectivity index (χ1v) is 10.2. The Bertz CT molecular complexity index is 1170. The Morgan fingerprint density at radius 1 is 1.12 bits per heavy atom. The van der Waals surface area contributed by atoms with Crippen molar-refractivity contribution in [3.05, 3.63) is 69.9 Å². The maximum atomic E-state index is 13.8. The Kier molecular flexibility index (Phi) is 7.44. The van der Waals surface area contributed by atoms with E-state index in [9.17, 15) is 17.6 Å². The van der Waals surface area contributed by atoms with Gasteiger partial charge in [-0.1, -0.05) is 0 Å². The van der Waals surface area contributed by atoms with Crippen molar-refractivity contribution < 1.29 is 22.4 Å². The van der Waals surface area contributed by atoms with Crippen LogP contribution >= 0.6 is 11.3 Å². The third kappa shape index (κ3) is 5.42. The highest BCUT2D eigenvalue weighted by atomic mass is 32.1. The fraction of sp³-hybridized carbons (Fsp3) is 0.238. The molecule has 0 amide bonds. The first-order valence-electron chi connectivity index (χ1n) is 9.40. The van der Waals surface area contributed by atoms with Crippen LogP contribution in [0.25, 0.3) is 10.2 Å². The van der Waals surface area contributed by atoms with Crippen molar-refractivity contribution in [2.75, 3.05) is 19.0 Å². The fourth-order valence-electron chi connectivity index (χ4n) is 3.09. The van der Waals surface area contributed by atoms with Gasteiger partial charge in [0.25, 0.3) is 0 Å². The summed E-state index contributed by atoms with van der Waals surface area (Å²) in [5, 5.41) is 4.11. The SMILES string of the molecule is CON.Cc1nc2cc(C)c(NC3=NCC(F)=CN3Cc3cc(F)c(F)c(F)c3)cc2s1. The molecule has 11 heteroatoms. The van der Waals surface area contributed by atoms with Crippen molar-refractivity contribution in [3.63, 3.8) is 0 Å². The summed E-state index contributed by atoms with van der Waals surface area (Å²) in [7, 11) is 1.40. The molecule has 1 aliphatic heterocycles. The monoisotopic (exact) mass is 467 g/mol. The second-order valence-electron chi connectivity index (χ2n) is 6.95. The predicted octanol–water partition coefficient (Wildman–Crippen LogP) is 4.93. The minimum absolute atomic E-state index is 0.0890. The van der Waals surface area contributed by atoms with E-state index in [2.05, 4.69) is 26.0 Å². The van der Waals surface area contributed by atoms with Gasteiger partial charge < -0.3 is 15.1 Å². The molecule has 4 rings (SSSR count). The minimum Gasteiger partial charge on any atom is -0.326 e. The number of guanidine groups is 1. The summed E-state index contributed by atoms with van der Waals surface area (Å²) in [6.45, 7) is 3.60. The van der Waals surface area contributed by atoms with Crippen LogP contribution < -0.4 is 11.2 Å². The Morgan fingerprint density at radius 2 is 1.78 bits per heavy atom. The summed E-state index contributed by atoms with van der Waals surface area (Å²) in [6.07, 6.45) is 1.21. The van der Waals surface area contributed by atoms with Crippen LogP contribution in [0.5, 0.6) is 0 Å². The average Bonchev–Trinajstić information content (AvgIpc) is 3.07. The quantitative estimate of drug-likeness (QED) is 0.325. The van der Waals surface area contributed by atoms with E-state index < -0.39 is 23.3 Å². The summed E-state index contributed by atoms with van der Waals surface area (Å²) in [6, 6.07) is 5.64. The van der Waals surface area contributed by atoms with Gasteiger partial charge in [0.15, 0.2) is 17.5 Å². The number of aryl methyl sites for hydroxylation is 2. The zero-order chi connectivity index (χ0) is 23.4. The molecule has 0 fully saturated rings. The number of anilines is 1. The number of nitrogens with zero attached hydrogens (tertiary/aromatic N) is 3. The largest absolute Gasteiger partial charge is 0.326 e. The molecule has 0 bridgehead atoms. The highest BCUT2D eigenvalue weighted by molar-refractivity contribution is 7.18. The summed E-state index contributed by atoms with van der Waals surface area (Å²) >= 11 is 1.55. The molecule has 32 heavy (non-hydrogen) atoms. The van der Waals surface area contributed by atoms with Crippen LogP contribution in [0.1, 0.15) is 16.1 Å². The number of hydrogen-bond acceptors (Lipinski definition) is 7. The molecule has 2 heterocycles. The zero-order valence-electron chi connectivity index (χ0n) is 17.5. The molecule has 6 nitrogen and oxygen atoms in total. The molecule has 3 aromatic rings. The number of aliphatic imine (C=N–C) groups is 1. The third-order valence-corrected chi connectivity index (χ3v) is 5.37. The van der Waals surface area contributed by atoms with E-state index in [0.29, 0.717) is 5.96 Å². The Balaban J connectivity index is 0.000000913. The highest BCUT2D eigenvalue weighted by Crippen LogP contribution is 2.28. The predicted molar refractivity (Wildman–Crippen MR) is 117 cm³/mol. The molecule has 0 atom stereocenters. The van der Waals surface area contributed by atoms with Crippen LogP contribution in [0.3, 0.4) is 0 Å². The van der Waals surface area contributed by atoms with Crippen molar-refractivity contribution in [1.29, 1.82) is 0 Å². The average molecular weight is 467 g/mol. The van der Waals surface area contributed by atoms with Gasteiger partial charge in [0.05, 0.1) is 35.4 Å². The summed E-state index contributed by atoms with van der Waals surface area (Å²) in [4.78, 5) is 13.8. The van der Waals surface area contributed by atoms with Gasteiger partial charge in [-0.15, -0.1) is 11.3 Å². The van der Waals surface area contributed by atoms with Crippen molar-refractivity contribution in [3.8, 4) is 0 Å². The number of nitrogens with two attached hydrogens (primary N) is 1. The number of hydrogen-bond donors (Lipinski definition) is 2. The molecule has 2 aromatic carbocycles. The van der Waals surface area contributed by atoms with Gasteiger partial charge in [0, 0.05) is 11.9 Å². The van der Waals surface area contributed by atoms with Gasteiger partial charge in [-0.25, -0.2) is 33.4 Å². The van der Waals surface area contributed by atoms with Crippen molar-refractivity contribution in [1.82, 2.24) is 9.88 Å². The van der Waals surface area contributed by atoms with E-state index >= 15 is 0 Å². The number of rotatable bonds is 3. The minimum atomic E-state index is -1.54. The van der Waals surface area contributed by atoms with Gasteiger partial charge >= 0.3 is 0 Å². The standard InChI is InChI=1S/C20H16F4N4S.CH5NO/c1-10-3-17-18(29-11(2)26-17)6-16(10)27-20-25-7-13(21)9-28(20)8-12-4-14(22)19(24)15(23)5-12;1-3-2/h3-6,9H,7-8H2,1-2H3,(H,25,27);2H2,1H3. The number of aromatic nitrogens is 1. The number of nitrogens with one attached hydrogen (secondary N) is 1. The molecule has 0 spiro atoms. The maximum Gasteiger partial charge on any atom is 0.203 e. The lowest BCUT2D eigenvalue weighted by molar-refractivity contribution is 0.206. The van der Waals surface area contributed by atoms with E-state index in [-0.39, 0.29) is 18.7 Å². The number of benzene rings is 2. The number of fused-ring (bicyclic) bond motifs is 1. The Morgan fingerprint density at radius 3 is 2.44 bits per heavy atom. The molecular weight excluding hydrogens is 446 g/mol. The van der Waals surface area contributed by atoms with Crippen LogP contribution in [0, 0.1) is 31.3 Å². The maximum absolute atomic E-state index is 13.8. The summed E-state index contributed by atoms with van der Waals surface area (Å²) in [5.41, 5.74) is 2.71. The van der Waals surface area contributed by atoms with Crippen LogP contribution in [-0.4, -0.2) is 29.5 Å². The number of halogens is 4. The van der Waals surface area contributed by atoms with Gasteiger partial charge in [-0.2, -0.15) is 0 Å². The van der Waals surface area contributed by atoms with Gasteiger partial charge in [-0.05, 0) is 49.2 Å². The molecule has 3 N–H and O–H groups in total. The normalized spacial score (nSPS) is 13.4. The van der Waals surface area contributed by atoms with E-state index in [4.69, 9.17) is 0 Å². The first kappa shape index (κ1) is 23.6. The van der Waals surface area contributed by atoms with Crippen molar-refractivity contribution in [2.45, 2.75) is 20.4 Å². The fourth-order valence-corrected chi connectivity index (χ4v) is 3.94. The van der Waals surface area contributed by atoms with Crippen LogP contribution in [0.2, 0.25) is 0 Å². The molecule has 1 aromatic heterocycles. The lowest BCUT2D eigenvalue weighted by atomic mass is 10.1. The smallest absolute Gasteiger partial charge is 0.203 e. The molecule has 0 saturated heterocycles. The summed E-state index contributed by atoms with van der Waals surface area (Å²) < 4.78 is 55.1. The Hall–Kier alpha value is -3.02. The molecule has 1 aliphatic rings. The van der Waals surface area contributed by atoms with Crippen molar-refractivity contribution in [2.24, 2.45) is 10.9 Å². The topological polar surface area (TPSA) is 75.8 Å². The second-order valence-corrected chi connectivity index (χ2v) is 8.18. The highest BCUT2D eigenvalue weighted by Gasteiger charge is 2.19. The molecule has 0 saturated carbocycles. The van der Waals surface area contributed by atoms with Crippen LogP contribution in [0.15, 0.2) is 41.3 Å². The summed E-state index contributed by atoms with van der Waals surface area (Å²) in [5.74, 6) is 0.0403. The molecule has 170 valence electrons. The van der Waals surface area contributed by atoms with E-state index in [1.807, 2.05) is 26.0 Å². The van der Waals surface area contributed by atoms with Gasteiger partial charge in [0.2, 0.25) is 5.96 Å². The molecule has 0 unspecified atom stereocenters. The van der Waals surface area contributed by atoms with E-state index in [0.717, 1.165) is 38.6 Å². The molecular formula is C21H21F4N5OS. The molecule has 0 aliphatic carbocycles. The van der Waals surface area contributed by atoms with Crippen molar-refractivity contribution >= 4 is 33.2 Å². The lowest BCUT2D eigenvalue weighted by Crippen LogP contribution is -2.35. The zero-order valence-corrected chi connectivity index (χ0v) is 18.4. The third-order valence-electron chi connectivity index (χ3n) is 4.43. The van der Waals surface area contributed by atoms with Crippen LogP contribution in [0.4, 0.5) is 23.2 Å². The van der Waals surface area contributed by atoms with E-state index in [1.165, 1.54) is 18.2 Å². The Labute approximate surface area is 186 Å². The number of thiazole rings is 1. The second kappa shape index (κ2) is 10.1.